The largest absolute Gasteiger partial charge is 0.495 e. The fourth-order valence-corrected chi connectivity index (χ4v) is 4.17. The van der Waals surface area contributed by atoms with Gasteiger partial charge in [0, 0.05) is 29.0 Å². The molecule has 0 aliphatic heterocycles. The molecular formula is C22H23ClN2O4S. The van der Waals surface area contributed by atoms with Crippen LogP contribution in [0.25, 0.3) is 10.9 Å². The van der Waals surface area contributed by atoms with E-state index < -0.39 is 0 Å². The molecule has 0 unspecified atom stereocenters. The number of fused-ring (bicyclic) bond motifs is 1. The van der Waals surface area contributed by atoms with Gasteiger partial charge in [0.15, 0.2) is 5.43 Å². The second kappa shape index (κ2) is 9.45. The summed E-state index contributed by atoms with van der Waals surface area (Å²) in [4.78, 5) is 28.2. The van der Waals surface area contributed by atoms with Gasteiger partial charge >= 0.3 is 0 Å². The molecule has 2 N–H and O–H groups in total. The molecule has 0 bridgehead atoms. The predicted molar refractivity (Wildman–Crippen MR) is 123 cm³/mol. The van der Waals surface area contributed by atoms with Crippen LogP contribution in [-0.2, 0) is 10.5 Å². The first kappa shape index (κ1) is 22.1. The van der Waals surface area contributed by atoms with Gasteiger partial charge in [-0.2, -0.15) is 0 Å². The molecule has 8 heteroatoms. The van der Waals surface area contributed by atoms with Gasteiger partial charge < -0.3 is 19.8 Å². The lowest BCUT2D eigenvalue weighted by Gasteiger charge is -2.13. The molecule has 3 aromatic rings. The number of nitrogens with one attached hydrogen (secondary N) is 2. The zero-order chi connectivity index (χ0) is 21.8. The van der Waals surface area contributed by atoms with E-state index in [2.05, 4.69) is 10.3 Å². The fourth-order valence-electron chi connectivity index (χ4n) is 3.19. The molecule has 0 aliphatic carbocycles. The minimum absolute atomic E-state index is 0.0115. The Labute approximate surface area is 183 Å². The first-order valence-corrected chi connectivity index (χ1v) is 10.8. The summed E-state index contributed by atoms with van der Waals surface area (Å²) in [6.45, 7) is 3.89. The molecule has 1 amide bonds. The maximum absolute atomic E-state index is 12.5. The number of hydrogen-bond donors (Lipinski definition) is 2. The smallest absolute Gasteiger partial charge is 0.234 e. The Morgan fingerprint density at radius 3 is 2.50 bits per heavy atom. The van der Waals surface area contributed by atoms with Crippen LogP contribution in [0.3, 0.4) is 0 Å². The number of anilines is 1. The first-order chi connectivity index (χ1) is 14.3. The van der Waals surface area contributed by atoms with Gasteiger partial charge in [-0.05, 0) is 31.0 Å². The van der Waals surface area contributed by atoms with Crippen molar-refractivity contribution in [3.8, 4) is 11.5 Å². The number of aromatic amines is 1. The van der Waals surface area contributed by atoms with Crippen LogP contribution in [0.15, 0.2) is 35.1 Å². The lowest BCUT2D eigenvalue weighted by atomic mass is 10.0. The summed E-state index contributed by atoms with van der Waals surface area (Å²) in [7, 11) is 3.02. The number of halogens is 1. The number of hydrogen-bond acceptors (Lipinski definition) is 5. The second-order valence-corrected chi connectivity index (χ2v) is 8.23. The Morgan fingerprint density at radius 2 is 1.80 bits per heavy atom. The number of H-pyrrole nitrogens is 1. The van der Waals surface area contributed by atoms with Crippen molar-refractivity contribution in [2.75, 3.05) is 25.3 Å². The average Bonchev–Trinajstić information content (AvgIpc) is 2.71. The normalized spacial score (nSPS) is 10.8. The SMILES string of the molecule is COc1cc(OC)c(NC(=O)CSCc2cc(=O)c3c(C)ccc(C)c3[nH]2)cc1Cl. The van der Waals surface area contributed by atoms with Crippen molar-refractivity contribution in [3.63, 3.8) is 0 Å². The van der Waals surface area contributed by atoms with Gasteiger partial charge in [-0.15, -0.1) is 11.8 Å². The van der Waals surface area contributed by atoms with Crippen molar-refractivity contribution < 1.29 is 14.3 Å². The zero-order valence-electron chi connectivity index (χ0n) is 17.2. The van der Waals surface area contributed by atoms with Crippen LogP contribution in [0.2, 0.25) is 5.02 Å². The van der Waals surface area contributed by atoms with Crippen LogP contribution in [0.4, 0.5) is 5.69 Å². The summed E-state index contributed by atoms with van der Waals surface area (Å²) in [6, 6.07) is 8.76. The monoisotopic (exact) mass is 446 g/mol. The van der Waals surface area contributed by atoms with Gasteiger partial charge in [-0.3, -0.25) is 9.59 Å². The fraction of sp³-hybridized carbons (Fsp3) is 0.273. The average molecular weight is 447 g/mol. The summed E-state index contributed by atoms with van der Waals surface area (Å²) in [5.41, 5.74) is 4.05. The highest BCUT2D eigenvalue weighted by molar-refractivity contribution is 7.99. The van der Waals surface area contributed by atoms with Gasteiger partial charge in [-0.1, -0.05) is 23.7 Å². The van der Waals surface area contributed by atoms with Gasteiger partial charge in [0.25, 0.3) is 0 Å². The molecule has 0 radical (unpaired) electrons. The molecule has 0 atom stereocenters. The van der Waals surface area contributed by atoms with Crippen molar-refractivity contribution in [2.24, 2.45) is 0 Å². The van der Waals surface area contributed by atoms with Crippen LogP contribution in [0.5, 0.6) is 11.5 Å². The van der Waals surface area contributed by atoms with Gasteiger partial charge in [0.1, 0.15) is 11.5 Å². The van der Waals surface area contributed by atoms with E-state index in [-0.39, 0.29) is 17.1 Å². The number of aryl methyl sites for hydroxylation is 2. The Morgan fingerprint density at radius 1 is 1.10 bits per heavy atom. The van der Waals surface area contributed by atoms with E-state index in [1.807, 2.05) is 26.0 Å². The second-order valence-electron chi connectivity index (χ2n) is 6.84. The number of carbonyl (C=O) groups is 1. The topological polar surface area (TPSA) is 80.4 Å². The highest BCUT2D eigenvalue weighted by Gasteiger charge is 2.13. The van der Waals surface area contributed by atoms with Crippen molar-refractivity contribution in [2.45, 2.75) is 19.6 Å². The maximum Gasteiger partial charge on any atom is 0.234 e. The standard InChI is InChI=1S/C22H23ClN2O4S/c1-12-5-6-13(2)22-21(12)17(26)7-14(24-22)10-30-11-20(27)25-16-8-15(23)18(28-3)9-19(16)29-4/h5-9H,10-11H2,1-4H3,(H,24,26)(H,25,27). The third-order valence-corrected chi connectivity index (χ3v) is 5.97. The van der Waals surface area contributed by atoms with Crippen molar-refractivity contribution in [1.29, 1.82) is 0 Å². The Bertz CT molecular complexity index is 1160. The van der Waals surface area contributed by atoms with E-state index in [9.17, 15) is 9.59 Å². The molecule has 3 rings (SSSR count). The van der Waals surface area contributed by atoms with Crippen molar-refractivity contribution in [1.82, 2.24) is 4.98 Å². The van der Waals surface area contributed by atoms with Crippen LogP contribution in [0.1, 0.15) is 16.8 Å². The molecule has 2 aromatic carbocycles. The van der Waals surface area contributed by atoms with Crippen LogP contribution < -0.4 is 20.2 Å². The van der Waals surface area contributed by atoms with E-state index in [0.29, 0.717) is 33.3 Å². The molecule has 1 aromatic heterocycles. The lowest BCUT2D eigenvalue weighted by Crippen LogP contribution is -2.15. The van der Waals surface area contributed by atoms with Crippen LogP contribution >= 0.6 is 23.4 Å². The van der Waals surface area contributed by atoms with Crippen LogP contribution in [-0.4, -0.2) is 30.9 Å². The van der Waals surface area contributed by atoms with E-state index in [4.69, 9.17) is 21.1 Å². The van der Waals surface area contributed by atoms with E-state index in [1.54, 1.807) is 18.2 Å². The molecule has 1 heterocycles. The minimum Gasteiger partial charge on any atom is -0.495 e. The highest BCUT2D eigenvalue weighted by atomic mass is 35.5. The summed E-state index contributed by atoms with van der Waals surface area (Å²) in [5.74, 6) is 1.44. The molecule has 0 saturated heterocycles. The number of carbonyl (C=O) groups excluding carboxylic acids is 1. The Kier molecular flexibility index (Phi) is 6.95. The number of ether oxygens (including phenoxy) is 2. The molecular weight excluding hydrogens is 424 g/mol. The number of pyridine rings is 1. The minimum atomic E-state index is -0.199. The first-order valence-electron chi connectivity index (χ1n) is 9.25. The highest BCUT2D eigenvalue weighted by Crippen LogP contribution is 2.36. The number of thioether (sulfide) groups is 1. The van der Waals surface area contributed by atoms with E-state index in [1.165, 1.54) is 26.0 Å². The summed E-state index contributed by atoms with van der Waals surface area (Å²) in [5, 5.41) is 3.89. The molecule has 0 aliphatic rings. The molecule has 0 fully saturated rings. The third kappa shape index (κ3) is 4.74. The van der Waals surface area contributed by atoms with Gasteiger partial charge in [0.2, 0.25) is 5.91 Å². The summed E-state index contributed by atoms with van der Waals surface area (Å²) < 4.78 is 10.5. The number of benzene rings is 2. The summed E-state index contributed by atoms with van der Waals surface area (Å²) >= 11 is 7.55. The number of aromatic nitrogens is 1. The van der Waals surface area contributed by atoms with Gasteiger partial charge in [0.05, 0.1) is 36.2 Å². The van der Waals surface area contributed by atoms with E-state index in [0.717, 1.165) is 22.3 Å². The zero-order valence-corrected chi connectivity index (χ0v) is 18.8. The lowest BCUT2D eigenvalue weighted by molar-refractivity contribution is -0.113. The summed E-state index contributed by atoms with van der Waals surface area (Å²) in [6.07, 6.45) is 0. The quantitative estimate of drug-likeness (QED) is 0.550. The number of rotatable bonds is 7. The molecule has 30 heavy (non-hydrogen) atoms. The Hall–Kier alpha value is -2.64. The third-order valence-electron chi connectivity index (χ3n) is 4.70. The Balaban J connectivity index is 1.67. The molecule has 158 valence electrons. The van der Waals surface area contributed by atoms with Crippen LogP contribution in [0, 0.1) is 13.8 Å². The number of amides is 1. The molecule has 6 nitrogen and oxygen atoms in total. The van der Waals surface area contributed by atoms with Crippen molar-refractivity contribution in [3.05, 3.63) is 62.4 Å². The van der Waals surface area contributed by atoms with E-state index >= 15 is 0 Å². The van der Waals surface area contributed by atoms with Gasteiger partial charge in [-0.25, -0.2) is 0 Å². The van der Waals surface area contributed by atoms with Crippen molar-refractivity contribution >= 4 is 45.9 Å². The maximum atomic E-state index is 12.5. The number of methoxy groups -OCH3 is 2. The predicted octanol–water partition coefficient (Wildman–Crippen LogP) is 4.69. The molecule has 0 spiro atoms. The molecule has 0 saturated carbocycles.